The highest BCUT2D eigenvalue weighted by molar-refractivity contribution is 7.89. The average Bonchev–Trinajstić information content (AvgIpc) is 2.60. The fraction of sp³-hybridized carbons (Fsp3) is 0.579. The van der Waals surface area contributed by atoms with Gasteiger partial charge in [0.1, 0.15) is 0 Å². The van der Waals surface area contributed by atoms with E-state index in [1.807, 2.05) is 0 Å². The fourth-order valence-electron chi connectivity index (χ4n) is 5.07. The van der Waals surface area contributed by atoms with Crippen LogP contribution in [0.25, 0.3) is 0 Å². The zero-order valence-electron chi connectivity index (χ0n) is 15.7. The highest BCUT2D eigenvalue weighted by atomic mass is 32.2. The molecule has 0 amide bonds. The van der Waals surface area contributed by atoms with Crippen LogP contribution in [0, 0.1) is 23.7 Å². The number of anilines is 1. The maximum atomic E-state index is 12.3. The second-order valence-corrected chi connectivity index (χ2v) is 10.8. The van der Waals surface area contributed by atoms with Gasteiger partial charge in [0, 0.05) is 25.5 Å². The quantitative estimate of drug-likeness (QED) is 0.594. The summed E-state index contributed by atoms with van der Waals surface area (Å²) >= 11 is 5.37. The van der Waals surface area contributed by atoms with Crippen molar-refractivity contribution in [1.82, 2.24) is 9.73 Å². The van der Waals surface area contributed by atoms with Crippen molar-refractivity contribution in [3.8, 4) is 0 Å². The van der Waals surface area contributed by atoms with E-state index in [4.69, 9.17) is 12.2 Å². The minimum Gasteiger partial charge on any atom is -0.331 e. The highest BCUT2D eigenvalue weighted by Crippen LogP contribution is 2.52. The number of thiocarbonyl (C=S) groups is 1. The van der Waals surface area contributed by atoms with Crippen molar-refractivity contribution in [2.75, 3.05) is 19.4 Å². The van der Waals surface area contributed by atoms with Crippen LogP contribution in [-0.2, 0) is 10.0 Å². The van der Waals surface area contributed by atoms with Gasteiger partial charge >= 0.3 is 0 Å². The first-order valence-electron chi connectivity index (χ1n) is 9.50. The van der Waals surface area contributed by atoms with Gasteiger partial charge < -0.3 is 5.32 Å². The summed E-state index contributed by atoms with van der Waals surface area (Å²) in [5, 5.41) is 8.09. The Bertz CT molecular complexity index is 849. The summed E-state index contributed by atoms with van der Waals surface area (Å²) in [5.41, 5.74) is 4.90. The molecule has 146 valence electrons. The lowest BCUT2D eigenvalue weighted by Crippen LogP contribution is -2.46. The number of sulfonamides is 1. The number of hydrogen-bond acceptors (Lipinski definition) is 4. The predicted molar refractivity (Wildman–Crippen MR) is 111 cm³/mol. The van der Waals surface area contributed by atoms with Gasteiger partial charge in [-0.1, -0.05) is 6.07 Å². The minimum absolute atomic E-state index is 0.229. The van der Waals surface area contributed by atoms with Gasteiger partial charge in [0.2, 0.25) is 10.0 Å². The Morgan fingerprint density at radius 2 is 1.74 bits per heavy atom. The molecule has 6 nitrogen and oxygen atoms in total. The summed E-state index contributed by atoms with van der Waals surface area (Å²) in [4.78, 5) is 0.229. The molecule has 2 N–H and O–H groups in total. The minimum atomic E-state index is -3.47. The monoisotopic (exact) mass is 406 g/mol. The van der Waals surface area contributed by atoms with E-state index in [1.54, 1.807) is 24.3 Å². The highest BCUT2D eigenvalue weighted by Gasteiger charge is 2.46. The first-order chi connectivity index (χ1) is 12.8. The second-order valence-electron chi connectivity index (χ2n) is 8.22. The van der Waals surface area contributed by atoms with Crippen LogP contribution in [0.5, 0.6) is 0 Å². The Morgan fingerprint density at radius 1 is 1.11 bits per heavy atom. The van der Waals surface area contributed by atoms with Gasteiger partial charge in [0.05, 0.1) is 4.90 Å². The third kappa shape index (κ3) is 3.75. The number of nitrogens with one attached hydrogen (secondary N) is 2. The molecular formula is C19H26N4O2S2. The summed E-state index contributed by atoms with van der Waals surface area (Å²) in [6.07, 6.45) is 6.52. The van der Waals surface area contributed by atoms with Crippen LogP contribution in [0.2, 0.25) is 0 Å². The van der Waals surface area contributed by atoms with E-state index in [9.17, 15) is 8.42 Å². The molecule has 0 unspecified atom stereocenters. The summed E-state index contributed by atoms with van der Waals surface area (Å²) < 4.78 is 25.7. The fourth-order valence-corrected chi connectivity index (χ4v) is 6.18. The molecule has 27 heavy (non-hydrogen) atoms. The largest absolute Gasteiger partial charge is 0.331 e. The molecule has 4 fully saturated rings. The van der Waals surface area contributed by atoms with E-state index in [1.165, 1.54) is 56.2 Å². The Labute approximate surface area is 166 Å². The molecule has 0 atom stereocenters. The van der Waals surface area contributed by atoms with Crippen LogP contribution in [0.3, 0.4) is 0 Å². The van der Waals surface area contributed by atoms with Crippen molar-refractivity contribution in [1.29, 1.82) is 0 Å². The predicted octanol–water partition coefficient (Wildman–Crippen LogP) is 3.04. The van der Waals surface area contributed by atoms with Gasteiger partial charge in [-0.25, -0.2) is 12.7 Å². The molecule has 0 spiro atoms. The molecule has 4 aliphatic carbocycles. The molecule has 0 aliphatic heterocycles. The van der Waals surface area contributed by atoms with E-state index in [-0.39, 0.29) is 4.90 Å². The molecule has 4 aliphatic rings. The molecule has 0 saturated heterocycles. The third-order valence-electron chi connectivity index (χ3n) is 6.13. The second kappa shape index (κ2) is 7.14. The Kier molecular flexibility index (Phi) is 4.98. The number of rotatable bonds is 4. The maximum absolute atomic E-state index is 12.3. The maximum Gasteiger partial charge on any atom is 0.242 e. The Balaban J connectivity index is 1.42. The number of hydrogen-bond donors (Lipinski definition) is 2. The van der Waals surface area contributed by atoms with Gasteiger partial charge in [-0.15, -0.1) is 0 Å². The molecule has 1 aromatic carbocycles. The molecule has 5 rings (SSSR count). The van der Waals surface area contributed by atoms with E-state index in [0.717, 1.165) is 11.8 Å². The molecule has 0 heterocycles. The number of hydrazone groups is 1. The molecule has 0 aromatic heterocycles. The van der Waals surface area contributed by atoms with Crippen LogP contribution in [0.4, 0.5) is 5.69 Å². The van der Waals surface area contributed by atoms with Crippen LogP contribution in [-0.4, -0.2) is 37.6 Å². The van der Waals surface area contributed by atoms with Crippen LogP contribution < -0.4 is 10.7 Å². The van der Waals surface area contributed by atoms with Crippen LogP contribution in [0.15, 0.2) is 34.3 Å². The number of benzene rings is 1. The number of nitrogens with zero attached hydrogens (tertiary/aromatic N) is 2. The van der Waals surface area contributed by atoms with Crippen molar-refractivity contribution in [3.63, 3.8) is 0 Å². The molecule has 4 saturated carbocycles. The van der Waals surface area contributed by atoms with Crippen molar-refractivity contribution < 1.29 is 8.42 Å². The summed E-state index contributed by atoms with van der Waals surface area (Å²) in [5.74, 6) is 3.03. The first-order valence-corrected chi connectivity index (χ1v) is 11.3. The van der Waals surface area contributed by atoms with Gasteiger partial charge in [-0.3, -0.25) is 5.43 Å². The van der Waals surface area contributed by atoms with E-state index in [0.29, 0.717) is 22.6 Å². The molecule has 0 radical (unpaired) electrons. The Morgan fingerprint density at radius 3 is 2.33 bits per heavy atom. The lowest BCUT2D eigenvalue weighted by molar-refractivity contribution is 0.108. The van der Waals surface area contributed by atoms with Gasteiger partial charge in [-0.2, -0.15) is 5.10 Å². The zero-order chi connectivity index (χ0) is 19.2. The molecule has 1 aromatic rings. The van der Waals surface area contributed by atoms with Gasteiger partial charge in [0.15, 0.2) is 5.11 Å². The van der Waals surface area contributed by atoms with E-state index >= 15 is 0 Å². The third-order valence-corrected chi connectivity index (χ3v) is 8.14. The smallest absolute Gasteiger partial charge is 0.242 e. The van der Waals surface area contributed by atoms with Crippen molar-refractivity contribution in [3.05, 3.63) is 24.3 Å². The summed E-state index contributed by atoms with van der Waals surface area (Å²) in [6.45, 7) is 0. The zero-order valence-corrected chi connectivity index (χ0v) is 17.3. The Hall–Kier alpha value is -1.51. The SMILES string of the molecule is CN(C)S(=O)(=O)c1cccc(NC(=S)NN=C2C3CC4CC(C3)CC2C4)c1. The lowest BCUT2D eigenvalue weighted by atomic mass is 9.55. The molecule has 4 bridgehead atoms. The standard InChI is InChI=1S/C19H26N4O2S2/c1-23(2)27(24,25)17-5-3-4-16(11-17)20-19(26)22-21-18-14-7-12-6-13(9-14)10-15(18)8-12/h3-5,11-15H,6-10H2,1-2H3,(H2,20,22,26). The summed E-state index contributed by atoms with van der Waals surface area (Å²) in [7, 11) is -0.441. The normalized spacial score (nSPS) is 29.1. The van der Waals surface area contributed by atoms with Gasteiger partial charge in [0.25, 0.3) is 0 Å². The van der Waals surface area contributed by atoms with E-state index < -0.39 is 10.0 Å². The molecular weight excluding hydrogens is 380 g/mol. The van der Waals surface area contributed by atoms with Crippen LogP contribution in [0.1, 0.15) is 32.1 Å². The topological polar surface area (TPSA) is 73.8 Å². The summed E-state index contributed by atoms with van der Waals surface area (Å²) in [6, 6.07) is 6.65. The van der Waals surface area contributed by atoms with Crippen molar-refractivity contribution >= 4 is 38.8 Å². The average molecular weight is 407 g/mol. The van der Waals surface area contributed by atoms with Crippen LogP contribution >= 0.6 is 12.2 Å². The van der Waals surface area contributed by atoms with Crippen molar-refractivity contribution in [2.24, 2.45) is 28.8 Å². The van der Waals surface area contributed by atoms with E-state index in [2.05, 4.69) is 15.8 Å². The first kappa shape index (κ1) is 18.8. The van der Waals surface area contributed by atoms with Crippen molar-refractivity contribution in [2.45, 2.75) is 37.0 Å². The lowest BCUT2D eigenvalue weighted by Gasteiger charge is -2.50. The van der Waals surface area contributed by atoms with Gasteiger partial charge in [-0.05, 0) is 86.2 Å². The molecule has 8 heteroatoms.